The zero-order valence-corrected chi connectivity index (χ0v) is 7.16. The molecule has 1 saturated carbocycles. The summed E-state index contributed by atoms with van der Waals surface area (Å²) in [7, 11) is 0. The van der Waals surface area contributed by atoms with Crippen molar-refractivity contribution in [2.75, 3.05) is 0 Å². The molecule has 0 amide bonds. The van der Waals surface area contributed by atoms with Crippen LogP contribution in [-0.4, -0.2) is 0 Å². The van der Waals surface area contributed by atoms with Gasteiger partial charge in [0.15, 0.2) is 0 Å². The van der Waals surface area contributed by atoms with Gasteiger partial charge >= 0.3 is 0 Å². The molecule has 10 heavy (non-hydrogen) atoms. The average molecular weight is 139 g/mol. The molecule has 0 heteroatoms. The summed E-state index contributed by atoms with van der Waals surface area (Å²) >= 11 is 0. The molecular weight excluding hydrogens is 120 g/mol. The summed E-state index contributed by atoms with van der Waals surface area (Å²) in [6, 6.07) is 0. The topological polar surface area (TPSA) is 0 Å². The highest BCUT2D eigenvalue weighted by atomic mass is 14.3. The molecule has 1 rings (SSSR count). The van der Waals surface area contributed by atoms with E-state index < -0.39 is 0 Å². The molecule has 1 radical (unpaired) electrons. The van der Waals surface area contributed by atoms with Crippen LogP contribution in [0.4, 0.5) is 0 Å². The van der Waals surface area contributed by atoms with E-state index >= 15 is 0 Å². The second kappa shape index (κ2) is 3.41. The van der Waals surface area contributed by atoms with Gasteiger partial charge in [-0.15, -0.1) is 0 Å². The lowest BCUT2D eigenvalue weighted by atomic mass is 9.80. The van der Waals surface area contributed by atoms with Crippen LogP contribution < -0.4 is 0 Å². The Balaban J connectivity index is 2.41. The highest BCUT2D eigenvalue weighted by Gasteiger charge is 2.22. The van der Waals surface area contributed by atoms with Gasteiger partial charge < -0.3 is 0 Å². The van der Waals surface area contributed by atoms with Crippen molar-refractivity contribution in [3.8, 4) is 0 Å². The third kappa shape index (κ3) is 2.00. The quantitative estimate of drug-likeness (QED) is 0.487. The molecule has 1 aliphatic rings. The summed E-state index contributed by atoms with van der Waals surface area (Å²) in [5.41, 5.74) is 0.455. The van der Waals surface area contributed by atoms with Gasteiger partial charge in [0.1, 0.15) is 0 Å². The van der Waals surface area contributed by atoms with E-state index in [9.17, 15) is 0 Å². The fraction of sp³-hybridized carbons (Fsp3) is 0.900. The Kier molecular flexibility index (Phi) is 2.76. The van der Waals surface area contributed by atoms with Crippen molar-refractivity contribution in [1.82, 2.24) is 0 Å². The summed E-state index contributed by atoms with van der Waals surface area (Å²) < 4.78 is 0. The van der Waals surface area contributed by atoms with Crippen LogP contribution in [0.1, 0.15) is 51.9 Å². The number of hydrogen-bond donors (Lipinski definition) is 0. The Bertz CT molecular complexity index is 86.2. The van der Waals surface area contributed by atoms with Gasteiger partial charge in [-0.25, -0.2) is 0 Å². The molecule has 0 aromatic carbocycles. The van der Waals surface area contributed by atoms with Gasteiger partial charge in [-0.05, 0) is 25.2 Å². The first-order valence-electron chi connectivity index (χ1n) is 4.62. The fourth-order valence-electron chi connectivity index (χ4n) is 1.83. The van der Waals surface area contributed by atoms with E-state index in [2.05, 4.69) is 13.8 Å². The van der Waals surface area contributed by atoms with E-state index in [4.69, 9.17) is 0 Å². The van der Waals surface area contributed by atoms with E-state index in [0.29, 0.717) is 5.41 Å². The zero-order valence-electron chi connectivity index (χ0n) is 7.16. The molecule has 1 fully saturated rings. The van der Waals surface area contributed by atoms with Crippen molar-refractivity contribution in [2.24, 2.45) is 5.41 Å². The fourth-order valence-corrected chi connectivity index (χ4v) is 1.83. The molecule has 0 aromatic rings. The van der Waals surface area contributed by atoms with Crippen LogP contribution in [0.25, 0.3) is 0 Å². The molecule has 0 aromatic heterocycles. The Morgan fingerprint density at radius 1 is 1.10 bits per heavy atom. The van der Waals surface area contributed by atoms with Gasteiger partial charge in [0.25, 0.3) is 0 Å². The second-order valence-corrected chi connectivity index (χ2v) is 3.77. The normalized spacial score (nSPS) is 25.8. The largest absolute Gasteiger partial charge is 0.0649 e. The third-order valence-electron chi connectivity index (χ3n) is 2.91. The van der Waals surface area contributed by atoms with Crippen molar-refractivity contribution >= 4 is 0 Å². The van der Waals surface area contributed by atoms with E-state index in [1.807, 2.05) is 0 Å². The molecule has 0 unspecified atom stereocenters. The molecule has 0 heterocycles. The molecule has 0 nitrogen and oxygen atoms in total. The second-order valence-electron chi connectivity index (χ2n) is 3.77. The SMILES string of the molecule is [CH2]C1(CC)CCCCCC1. The van der Waals surface area contributed by atoms with Crippen molar-refractivity contribution in [3.63, 3.8) is 0 Å². The average Bonchev–Trinajstić information content (AvgIpc) is 2.15. The van der Waals surface area contributed by atoms with Gasteiger partial charge in [-0.2, -0.15) is 0 Å². The van der Waals surface area contributed by atoms with Crippen molar-refractivity contribution in [3.05, 3.63) is 6.92 Å². The van der Waals surface area contributed by atoms with Gasteiger partial charge in [0.05, 0.1) is 0 Å². The molecule has 0 aliphatic heterocycles. The predicted octanol–water partition coefficient (Wildman–Crippen LogP) is 3.57. The zero-order chi connectivity index (χ0) is 7.45. The smallest absolute Gasteiger partial charge is 0.0300 e. The Morgan fingerprint density at radius 3 is 2.00 bits per heavy atom. The van der Waals surface area contributed by atoms with E-state index in [1.165, 1.54) is 44.9 Å². The standard InChI is InChI=1S/C10H19/c1-3-10(2)8-6-4-5-7-9-10/h2-9H2,1H3. The number of rotatable bonds is 1. The van der Waals surface area contributed by atoms with E-state index in [0.717, 1.165) is 0 Å². The Morgan fingerprint density at radius 2 is 1.60 bits per heavy atom. The summed E-state index contributed by atoms with van der Waals surface area (Å²) in [5.74, 6) is 0. The molecule has 0 N–H and O–H groups in total. The summed E-state index contributed by atoms with van der Waals surface area (Å²) in [5, 5.41) is 0. The van der Waals surface area contributed by atoms with Crippen LogP contribution in [0.2, 0.25) is 0 Å². The van der Waals surface area contributed by atoms with Gasteiger partial charge in [-0.1, -0.05) is 39.0 Å². The minimum absolute atomic E-state index is 0.455. The van der Waals surface area contributed by atoms with E-state index in [1.54, 1.807) is 0 Å². The molecule has 1 aliphatic carbocycles. The van der Waals surface area contributed by atoms with Crippen LogP contribution in [0, 0.1) is 12.3 Å². The third-order valence-corrected chi connectivity index (χ3v) is 2.91. The minimum Gasteiger partial charge on any atom is -0.0649 e. The van der Waals surface area contributed by atoms with Crippen LogP contribution in [0.5, 0.6) is 0 Å². The molecule has 0 saturated heterocycles. The maximum atomic E-state index is 4.31. The number of hydrogen-bond acceptors (Lipinski definition) is 0. The van der Waals surface area contributed by atoms with E-state index in [-0.39, 0.29) is 0 Å². The molecule has 0 bridgehead atoms. The molecule has 0 spiro atoms. The highest BCUT2D eigenvalue weighted by Crippen LogP contribution is 2.36. The van der Waals surface area contributed by atoms with Crippen LogP contribution in [-0.2, 0) is 0 Å². The minimum atomic E-state index is 0.455. The van der Waals surface area contributed by atoms with Gasteiger partial charge in [-0.3, -0.25) is 0 Å². The van der Waals surface area contributed by atoms with Crippen molar-refractivity contribution in [2.45, 2.75) is 51.9 Å². The first-order chi connectivity index (χ1) is 4.77. The van der Waals surface area contributed by atoms with Gasteiger partial charge in [0, 0.05) is 0 Å². The van der Waals surface area contributed by atoms with Crippen molar-refractivity contribution in [1.29, 1.82) is 0 Å². The molecule has 0 atom stereocenters. The summed E-state index contributed by atoms with van der Waals surface area (Å²) in [4.78, 5) is 0. The maximum Gasteiger partial charge on any atom is -0.0300 e. The molecule has 59 valence electrons. The molecular formula is C10H19. The Labute approximate surface area is 65.0 Å². The first-order valence-corrected chi connectivity index (χ1v) is 4.62. The Hall–Kier alpha value is 0. The van der Waals surface area contributed by atoms with Crippen molar-refractivity contribution < 1.29 is 0 Å². The lowest BCUT2D eigenvalue weighted by Crippen LogP contribution is -2.13. The van der Waals surface area contributed by atoms with Gasteiger partial charge in [0.2, 0.25) is 0 Å². The lowest BCUT2D eigenvalue weighted by Gasteiger charge is -2.25. The maximum absolute atomic E-state index is 4.31. The van der Waals surface area contributed by atoms with Crippen LogP contribution in [0.15, 0.2) is 0 Å². The lowest BCUT2D eigenvalue weighted by molar-refractivity contribution is 0.312. The highest BCUT2D eigenvalue weighted by molar-refractivity contribution is 4.82. The summed E-state index contributed by atoms with van der Waals surface area (Å²) in [6.07, 6.45) is 9.71. The van der Waals surface area contributed by atoms with Crippen LogP contribution in [0.3, 0.4) is 0 Å². The monoisotopic (exact) mass is 139 g/mol. The first kappa shape index (κ1) is 8.10. The summed E-state index contributed by atoms with van der Waals surface area (Å²) in [6.45, 7) is 6.58. The van der Waals surface area contributed by atoms with Crippen LogP contribution >= 0.6 is 0 Å². The predicted molar refractivity (Wildman–Crippen MR) is 45.8 cm³/mol.